The van der Waals surface area contributed by atoms with Gasteiger partial charge in [0.05, 0.1) is 13.0 Å². The number of benzene rings is 1. The van der Waals surface area contributed by atoms with E-state index in [1.54, 1.807) is 7.11 Å². The minimum absolute atomic E-state index is 0.0904. The molecular weight excluding hydrogens is 302 g/mol. The van der Waals surface area contributed by atoms with Crippen molar-refractivity contribution in [1.29, 1.82) is 0 Å². The summed E-state index contributed by atoms with van der Waals surface area (Å²) < 4.78 is 0. The lowest BCUT2D eigenvalue weighted by Crippen LogP contribution is -2.27. The zero-order valence-corrected chi connectivity index (χ0v) is 14.6. The second-order valence-electron chi connectivity index (χ2n) is 7.44. The molecule has 126 valence electrons. The van der Waals surface area contributed by atoms with Crippen molar-refractivity contribution in [1.82, 2.24) is 5.48 Å². The van der Waals surface area contributed by atoms with Gasteiger partial charge in [-0.2, -0.15) is 0 Å². The summed E-state index contributed by atoms with van der Waals surface area (Å²) in [6.07, 6.45) is 1.84. The molecule has 3 aliphatic rings. The molecule has 0 radical (unpaired) electrons. The topological polar surface area (TPSA) is 55.4 Å². The normalized spacial score (nSPS) is 31.2. The Hall–Kier alpha value is -1.94. The van der Waals surface area contributed by atoms with Crippen LogP contribution in [0.5, 0.6) is 0 Å². The van der Waals surface area contributed by atoms with Gasteiger partial charge in [-0.3, -0.25) is 19.9 Å². The van der Waals surface area contributed by atoms with Crippen LogP contribution in [0.15, 0.2) is 23.4 Å². The number of Topliss-reactive ketones (excluding diaryl/α,β-unsaturated/α-hetero) is 2. The molecule has 0 aliphatic heterocycles. The first-order chi connectivity index (χ1) is 11.5. The number of rotatable bonds is 3. The number of hydroxylamine groups is 1. The Labute approximate surface area is 142 Å². The number of hydrogen-bond donors (Lipinski definition) is 1. The van der Waals surface area contributed by atoms with Crippen molar-refractivity contribution >= 4 is 11.6 Å². The average Bonchev–Trinajstić information content (AvgIpc) is 3.12. The van der Waals surface area contributed by atoms with Gasteiger partial charge in [-0.1, -0.05) is 17.7 Å². The number of carbonyl (C=O) groups excluding carboxylic acids is 2. The van der Waals surface area contributed by atoms with Gasteiger partial charge in [0.1, 0.15) is 5.92 Å². The molecular formula is C20H23NO3. The Kier molecular flexibility index (Phi) is 3.43. The first kappa shape index (κ1) is 15.6. The van der Waals surface area contributed by atoms with Gasteiger partial charge in [-0.05, 0) is 55.9 Å². The summed E-state index contributed by atoms with van der Waals surface area (Å²) >= 11 is 0. The third-order valence-electron chi connectivity index (χ3n) is 6.05. The molecule has 4 rings (SSSR count). The molecule has 1 saturated carbocycles. The van der Waals surface area contributed by atoms with Crippen LogP contribution >= 0.6 is 0 Å². The molecule has 0 saturated heterocycles. The van der Waals surface area contributed by atoms with Gasteiger partial charge in [-0.25, -0.2) is 0 Å². The van der Waals surface area contributed by atoms with Crippen LogP contribution in [-0.2, 0) is 14.4 Å². The summed E-state index contributed by atoms with van der Waals surface area (Å²) in [6, 6.07) is 4.14. The molecule has 1 aromatic carbocycles. The average molecular weight is 325 g/mol. The zero-order chi connectivity index (χ0) is 17.2. The van der Waals surface area contributed by atoms with E-state index in [0.29, 0.717) is 0 Å². The van der Waals surface area contributed by atoms with Crippen LogP contribution in [0.25, 0.3) is 0 Å². The van der Waals surface area contributed by atoms with Crippen LogP contribution in [-0.4, -0.2) is 18.7 Å². The van der Waals surface area contributed by atoms with E-state index in [0.717, 1.165) is 40.8 Å². The number of ketones is 2. The van der Waals surface area contributed by atoms with Crippen molar-refractivity contribution in [2.45, 2.75) is 39.5 Å². The van der Waals surface area contributed by atoms with Crippen molar-refractivity contribution in [3.8, 4) is 0 Å². The smallest absolute Gasteiger partial charge is 0.155 e. The number of hydrogen-bond acceptors (Lipinski definition) is 4. The quantitative estimate of drug-likeness (QED) is 0.686. The monoisotopic (exact) mass is 325 g/mol. The zero-order valence-electron chi connectivity index (χ0n) is 14.6. The predicted molar refractivity (Wildman–Crippen MR) is 90.3 cm³/mol. The van der Waals surface area contributed by atoms with Gasteiger partial charge in [0.25, 0.3) is 0 Å². The second kappa shape index (κ2) is 5.28. The highest BCUT2D eigenvalue weighted by Gasteiger charge is 2.61. The highest BCUT2D eigenvalue weighted by atomic mass is 16.6. The fourth-order valence-corrected chi connectivity index (χ4v) is 5.37. The number of fused-ring (bicyclic) bond motifs is 4. The molecule has 0 heterocycles. The fraction of sp³-hybridized carbons (Fsp3) is 0.500. The standard InChI is InChI=1S/C20H23NO3/c1-9-7-10(2)14(11(3)8-9)17-19(22)15-12-5-6-13(16(15)20(17)23)18(12)21-24-4/h7-8,12,15-17,21H,5-6H2,1-4H3/t12-,15?,16?,17?/m0/s1. The third-order valence-corrected chi connectivity index (χ3v) is 6.05. The molecule has 4 atom stereocenters. The summed E-state index contributed by atoms with van der Waals surface area (Å²) in [5, 5.41) is 0. The van der Waals surface area contributed by atoms with E-state index in [9.17, 15) is 9.59 Å². The van der Waals surface area contributed by atoms with Crippen LogP contribution in [0.1, 0.15) is 41.0 Å². The molecule has 1 fully saturated rings. The summed E-state index contributed by atoms with van der Waals surface area (Å²) in [5.74, 6) is -0.691. The minimum atomic E-state index is -0.583. The molecule has 2 bridgehead atoms. The molecule has 0 spiro atoms. The van der Waals surface area contributed by atoms with Crippen molar-refractivity contribution in [3.63, 3.8) is 0 Å². The van der Waals surface area contributed by atoms with Crippen LogP contribution in [0.3, 0.4) is 0 Å². The second-order valence-corrected chi connectivity index (χ2v) is 7.44. The fourth-order valence-electron chi connectivity index (χ4n) is 5.37. The van der Waals surface area contributed by atoms with Crippen LogP contribution in [0.2, 0.25) is 0 Å². The van der Waals surface area contributed by atoms with E-state index in [1.165, 1.54) is 5.56 Å². The van der Waals surface area contributed by atoms with E-state index in [1.807, 2.05) is 20.8 Å². The Bertz CT molecular complexity index is 769. The summed E-state index contributed by atoms with van der Waals surface area (Å²) in [6.45, 7) is 6.07. The van der Waals surface area contributed by atoms with Crippen LogP contribution < -0.4 is 5.48 Å². The van der Waals surface area contributed by atoms with Gasteiger partial charge >= 0.3 is 0 Å². The lowest BCUT2D eigenvalue weighted by molar-refractivity contribution is -0.125. The Balaban J connectivity index is 1.78. The van der Waals surface area contributed by atoms with Crippen molar-refractivity contribution < 1.29 is 14.4 Å². The molecule has 1 aromatic rings. The van der Waals surface area contributed by atoms with Crippen molar-refractivity contribution in [3.05, 3.63) is 45.7 Å². The molecule has 0 aromatic heterocycles. The summed E-state index contributed by atoms with van der Waals surface area (Å²) in [7, 11) is 1.58. The first-order valence-corrected chi connectivity index (χ1v) is 8.62. The maximum Gasteiger partial charge on any atom is 0.155 e. The summed E-state index contributed by atoms with van der Waals surface area (Å²) in [5.41, 5.74) is 9.24. The SMILES string of the molecule is CONC1=C2CC[C@H]1C1C(=O)C(c3c(C)cc(C)cc3C)C(=O)C21. The molecule has 3 unspecified atom stereocenters. The van der Waals surface area contributed by atoms with E-state index >= 15 is 0 Å². The van der Waals surface area contributed by atoms with E-state index in [2.05, 4.69) is 17.6 Å². The predicted octanol–water partition coefficient (Wildman–Crippen LogP) is 2.91. The highest BCUT2D eigenvalue weighted by Crippen LogP contribution is 2.58. The molecule has 0 amide bonds. The molecule has 1 N–H and O–H groups in total. The first-order valence-electron chi connectivity index (χ1n) is 8.62. The van der Waals surface area contributed by atoms with E-state index in [4.69, 9.17) is 4.84 Å². The highest BCUT2D eigenvalue weighted by molar-refractivity contribution is 6.18. The molecule has 4 nitrogen and oxygen atoms in total. The Morgan fingerprint density at radius 2 is 1.75 bits per heavy atom. The number of nitrogens with one attached hydrogen (secondary N) is 1. The lowest BCUT2D eigenvalue weighted by atomic mass is 9.80. The number of allylic oxidation sites excluding steroid dienone is 2. The molecule has 24 heavy (non-hydrogen) atoms. The molecule has 4 heteroatoms. The maximum absolute atomic E-state index is 13.2. The Morgan fingerprint density at radius 3 is 2.33 bits per heavy atom. The summed E-state index contributed by atoms with van der Waals surface area (Å²) in [4.78, 5) is 31.5. The largest absolute Gasteiger partial charge is 0.298 e. The third kappa shape index (κ3) is 1.89. The number of carbonyl (C=O) groups is 2. The van der Waals surface area contributed by atoms with E-state index < -0.39 is 5.92 Å². The van der Waals surface area contributed by atoms with Crippen molar-refractivity contribution in [2.75, 3.05) is 7.11 Å². The lowest BCUT2D eigenvalue weighted by Gasteiger charge is -2.22. The van der Waals surface area contributed by atoms with Gasteiger partial charge < -0.3 is 0 Å². The van der Waals surface area contributed by atoms with Gasteiger partial charge in [-0.15, -0.1) is 0 Å². The van der Waals surface area contributed by atoms with Gasteiger partial charge in [0.15, 0.2) is 11.6 Å². The van der Waals surface area contributed by atoms with Crippen LogP contribution in [0.4, 0.5) is 0 Å². The minimum Gasteiger partial charge on any atom is -0.298 e. The van der Waals surface area contributed by atoms with E-state index in [-0.39, 0.29) is 29.3 Å². The van der Waals surface area contributed by atoms with Crippen LogP contribution in [0, 0.1) is 38.5 Å². The maximum atomic E-state index is 13.2. The number of aryl methyl sites for hydroxylation is 3. The Morgan fingerprint density at radius 1 is 1.08 bits per heavy atom. The van der Waals surface area contributed by atoms with Gasteiger partial charge in [0.2, 0.25) is 0 Å². The van der Waals surface area contributed by atoms with Crippen molar-refractivity contribution in [2.24, 2.45) is 17.8 Å². The molecule has 3 aliphatic carbocycles. The van der Waals surface area contributed by atoms with Gasteiger partial charge in [0, 0.05) is 17.5 Å².